The van der Waals surface area contributed by atoms with Crippen molar-refractivity contribution < 1.29 is 4.52 Å². The van der Waals surface area contributed by atoms with Crippen molar-refractivity contribution in [1.82, 2.24) is 10.2 Å². The average Bonchev–Trinajstić information content (AvgIpc) is 2.39. The maximum absolute atomic E-state index is 8.73. The number of nitrogens with one attached hydrogen (secondary N) is 2. The number of hydrogen-bond acceptors (Lipinski definition) is 4. The van der Waals surface area contributed by atoms with Crippen molar-refractivity contribution in [3.8, 4) is 6.07 Å². The minimum atomic E-state index is -0.932. The van der Waals surface area contributed by atoms with Crippen molar-refractivity contribution in [1.29, 1.82) is 5.26 Å². The monoisotopic (exact) mass is 329 g/mol. The Morgan fingerprint density at radius 1 is 0.818 bits per heavy atom. The van der Waals surface area contributed by atoms with E-state index in [1.807, 2.05) is 0 Å². The van der Waals surface area contributed by atoms with Crippen LogP contribution in [0, 0.1) is 35.0 Å². The van der Waals surface area contributed by atoms with Crippen LogP contribution in [0.4, 0.5) is 0 Å². The Bertz CT molecular complexity index is 288. The Hall–Kier alpha value is -0.200. The third kappa shape index (κ3) is 8.44. The first-order valence-corrected chi connectivity index (χ1v) is 9.78. The molecule has 0 fully saturated rings. The van der Waals surface area contributed by atoms with Gasteiger partial charge in [-0.15, -0.1) is 0 Å². The molecule has 0 radical (unpaired) electrons. The largest absolute Gasteiger partial charge is 0.331 e. The fraction of sp³-hybridized carbons (Fsp3) is 0.941. The summed E-state index contributed by atoms with van der Waals surface area (Å²) in [5.41, 5.74) is 0. The molecule has 0 amide bonds. The summed E-state index contributed by atoms with van der Waals surface area (Å²) in [5.74, 6) is 2.18. The van der Waals surface area contributed by atoms with Gasteiger partial charge in [0.2, 0.25) is 0 Å². The minimum Gasteiger partial charge on any atom is -0.331 e. The van der Waals surface area contributed by atoms with Crippen molar-refractivity contribution in [3.05, 3.63) is 0 Å². The molecule has 0 unspecified atom stereocenters. The highest BCUT2D eigenvalue weighted by Gasteiger charge is 2.26. The summed E-state index contributed by atoms with van der Waals surface area (Å²) in [6.07, 6.45) is 0.435. The van der Waals surface area contributed by atoms with Crippen LogP contribution in [-0.2, 0) is 4.52 Å². The van der Waals surface area contributed by atoms with Crippen molar-refractivity contribution in [3.63, 3.8) is 0 Å². The van der Waals surface area contributed by atoms with Crippen molar-refractivity contribution in [2.24, 2.45) is 23.7 Å². The first kappa shape index (κ1) is 21.8. The van der Waals surface area contributed by atoms with E-state index in [0.29, 0.717) is 48.8 Å². The second-order valence-corrected chi connectivity index (χ2v) is 8.68. The van der Waals surface area contributed by atoms with Crippen molar-refractivity contribution in [2.45, 2.75) is 73.9 Å². The van der Waals surface area contributed by atoms with Crippen molar-refractivity contribution >= 4 is 8.45 Å². The molecule has 0 spiro atoms. The minimum absolute atomic E-state index is 0.403. The van der Waals surface area contributed by atoms with Crippen LogP contribution < -0.4 is 10.2 Å². The average molecular weight is 329 g/mol. The summed E-state index contributed by atoms with van der Waals surface area (Å²) in [4.78, 5) is 0. The van der Waals surface area contributed by atoms with E-state index < -0.39 is 8.45 Å². The molecule has 0 saturated heterocycles. The SMILES string of the molecule is CC(C)C(NP(NC(C(C)C)C(C)C)OCCC#N)C(C)C. The fourth-order valence-electron chi connectivity index (χ4n) is 2.70. The summed E-state index contributed by atoms with van der Waals surface area (Å²) < 4.78 is 5.96. The summed E-state index contributed by atoms with van der Waals surface area (Å²) in [6.45, 7) is 18.4. The molecule has 0 saturated carbocycles. The summed E-state index contributed by atoms with van der Waals surface area (Å²) in [5, 5.41) is 16.1. The Labute approximate surface area is 139 Å². The van der Waals surface area contributed by atoms with Gasteiger partial charge in [0.15, 0.2) is 8.45 Å². The van der Waals surface area contributed by atoms with E-state index in [0.717, 1.165) is 0 Å². The van der Waals surface area contributed by atoms with E-state index in [9.17, 15) is 0 Å². The van der Waals surface area contributed by atoms with Gasteiger partial charge < -0.3 is 4.52 Å². The van der Waals surface area contributed by atoms with Crippen LogP contribution in [0.5, 0.6) is 0 Å². The molecule has 0 aromatic carbocycles. The van der Waals surface area contributed by atoms with E-state index >= 15 is 0 Å². The predicted molar refractivity (Wildman–Crippen MR) is 96.3 cm³/mol. The number of rotatable bonds is 11. The van der Waals surface area contributed by atoms with Crippen LogP contribution in [0.2, 0.25) is 0 Å². The van der Waals surface area contributed by atoms with E-state index in [2.05, 4.69) is 71.6 Å². The Kier molecular flexibility index (Phi) is 11.3. The van der Waals surface area contributed by atoms with Crippen LogP contribution in [0.1, 0.15) is 61.8 Å². The van der Waals surface area contributed by atoms with Crippen LogP contribution in [0.15, 0.2) is 0 Å². The normalized spacial score (nSPS) is 12.6. The van der Waals surface area contributed by atoms with Gasteiger partial charge in [0.1, 0.15) is 0 Å². The molecule has 0 rings (SSSR count). The molecule has 0 aliphatic rings. The van der Waals surface area contributed by atoms with Gasteiger partial charge in [-0.3, -0.25) is 10.2 Å². The van der Waals surface area contributed by atoms with E-state index in [-0.39, 0.29) is 0 Å². The molecular weight excluding hydrogens is 293 g/mol. The smallest absolute Gasteiger partial charge is 0.182 e. The second-order valence-electron chi connectivity index (χ2n) is 7.32. The molecule has 22 heavy (non-hydrogen) atoms. The topological polar surface area (TPSA) is 57.1 Å². The molecule has 0 bridgehead atoms. The molecule has 0 aromatic rings. The molecule has 0 aromatic heterocycles. The van der Waals surface area contributed by atoms with Crippen LogP contribution in [-0.4, -0.2) is 18.7 Å². The second kappa shape index (κ2) is 11.4. The third-order valence-electron chi connectivity index (χ3n) is 3.84. The Balaban J connectivity index is 4.90. The summed E-state index contributed by atoms with van der Waals surface area (Å²) >= 11 is 0. The number of nitrogens with zero attached hydrogens (tertiary/aromatic N) is 1. The molecule has 0 aliphatic carbocycles. The summed E-state index contributed by atoms with van der Waals surface area (Å²) in [6, 6.07) is 2.96. The quantitative estimate of drug-likeness (QED) is 0.427. The molecule has 4 nitrogen and oxygen atoms in total. The Morgan fingerprint density at radius 3 is 1.45 bits per heavy atom. The maximum atomic E-state index is 8.73. The highest BCUT2D eigenvalue weighted by atomic mass is 31.2. The Morgan fingerprint density at radius 2 is 1.18 bits per heavy atom. The van der Waals surface area contributed by atoms with Crippen LogP contribution >= 0.6 is 8.45 Å². The fourth-order valence-corrected chi connectivity index (χ4v) is 4.93. The molecule has 2 N–H and O–H groups in total. The lowest BCUT2D eigenvalue weighted by Gasteiger charge is -2.35. The third-order valence-corrected chi connectivity index (χ3v) is 5.35. The van der Waals surface area contributed by atoms with Gasteiger partial charge in [-0.25, -0.2) is 0 Å². The van der Waals surface area contributed by atoms with Gasteiger partial charge in [-0.05, 0) is 23.7 Å². The zero-order valence-corrected chi connectivity index (χ0v) is 16.6. The molecule has 130 valence electrons. The molecule has 5 heteroatoms. The lowest BCUT2D eigenvalue weighted by Crippen LogP contribution is -2.43. The first-order valence-electron chi connectivity index (χ1n) is 8.53. The van der Waals surface area contributed by atoms with Gasteiger partial charge in [-0.1, -0.05) is 55.4 Å². The number of hydrogen-bond donors (Lipinski definition) is 2. The molecule has 0 atom stereocenters. The lowest BCUT2D eigenvalue weighted by molar-refractivity contribution is 0.293. The van der Waals surface area contributed by atoms with Gasteiger partial charge in [0, 0.05) is 12.1 Å². The number of nitriles is 1. The molecule has 0 heterocycles. The van der Waals surface area contributed by atoms with E-state index in [1.165, 1.54) is 0 Å². The molecular formula is C17H36N3OP. The van der Waals surface area contributed by atoms with E-state index in [4.69, 9.17) is 9.79 Å². The van der Waals surface area contributed by atoms with Crippen LogP contribution in [0.3, 0.4) is 0 Å². The standard InChI is InChI=1S/C17H36N3OP/c1-12(2)16(13(3)4)19-22(21-11-9-10-18)20-17(14(5)6)15(7)8/h12-17,19-20H,9,11H2,1-8H3. The van der Waals surface area contributed by atoms with Crippen LogP contribution in [0.25, 0.3) is 0 Å². The van der Waals surface area contributed by atoms with Gasteiger partial charge >= 0.3 is 0 Å². The highest BCUT2D eigenvalue weighted by molar-refractivity contribution is 7.48. The highest BCUT2D eigenvalue weighted by Crippen LogP contribution is 2.34. The first-order chi connectivity index (χ1) is 10.2. The summed E-state index contributed by atoms with van der Waals surface area (Å²) in [7, 11) is -0.932. The zero-order chi connectivity index (χ0) is 17.3. The van der Waals surface area contributed by atoms with E-state index in [1.54, 1.807) is 0 Å². The predicted octanol–water partition coefficient (Wildman–Crippen LogP) is 4.68. The zero-order valence-electron chi connectivity index (χ0n) is 15.7. The van der Waals surface area contributed by atoms with Gasteiger partial charge in [-0.2, -0.15) is 5.26 Å². The maximum Gasteiger partial charge on any atom is 0.182 e. The van der Waals surface area contributed by atoms with Gasteiger partial charge in [0.25, 0.3) is 0 Å². The molecule has 0 aliphatic heterocycles. The van der Waals surface area contributed by atoms with Gasteiger partial charge in [0.05, 0.1) is 19.1 Å². The van der Waals surface area contributed by atoms with Crippen molar-refractivity contribution in [2.75, 3.05) is 6.61 Å². The lowest BCUT2D eigenvalue weighted by atomic mass is 9.94.